The van der Waals surface area contributed by atoms with Gasteiger partial charge in [0.05, 0.1) is 0 Å². The van der Waals surface area contributed by atoms with Crippen molar-refractivity contribution in [3.05, 3.63) is 29.8 Å². The lowest BCUT2D eigenvalue weighted by atomic mass is 9.98. The maximum atomic E-state index is 12.9. The minimum Gasteiger partial charge on any atom is -0.314 e. The van der Waals surface area contributed by atoms with Crippen LogP contribution in [0.2, 0.25) is 0 Å². The molecule has 1 N–H and O–H groups in total. The van der Waals surface area contributed by atoms with Gasteiger partial charge in [-0.1, -0.05) is 44.4 Å². The third-order valence-electron chi connectivity index (χ3n) is 4.18. The molecule has 0 bridgehead atoms. The first kappa shape index (κ1) is 21.6. The van der Waals surface area contributed by atoms with E-state index in [4.69, 9.17) is 0 Å². The quantitative estimate of drug-likeness (QED) is 0.512. The number of hydrogen-bond donors (Lipinski definition) is 1. The summed E-state index contributed by atoms with van der Waals surface area (Å²) in [5.41, 5.74) is -3.42. The van der Waals surface area contributed by atoms with Crippen LogP contribution in [-0.4, -0.2) is 36.6 Å². The standard InChI is InChI=1S/C17H25F3N2S.ClH/c1-2-3-4-8-15(22-12-10-21-11-13-22)14-7-5-6-9-16(14)23-17(18,19)20;/h5-7,9,15,21H,2-4,8,10-13H2,1H3;1H/t15-;/m0./s1. The molecule has 2 rings (SSSR count). The second-order valence-corrected chi connectivity index (χ2v) is 6.99. The summed E-state index contributed by atoms with van der Waals surface area (Å²) < 4.78 is 38.6. The zero-order valence-corrected chi connectivity index (χ0v) is 15.6. The molecule has 1 heterocycles. The van der Waals surface area contributed by atoms with E-state index in [0.29, 0.717) is 4.90 Å². The average molecular weight is 383 g/mol. The Labute approximate surface area is 153 Å². The van der Waals surface area contributed by atoms with Crippen molar-refractivity contribution in [1.29, 1.82) is 0 Å². The third-order valence-corrected chi connectivity index (χ3v) is 5.00. The Morgan fingerprint density at radius 3 is 2.46 bits per heavy atom. The number of thioether (sulfide) groups is 1. The van der Waals surface area contributed by atoms with Crippen LogP contribution in [0.15, 0.2) is 29.2 Å². The summed E-state index contributed by atoms with van der Waals surface area (Å²) >= 11 is 0.0166. The fourth-order valence-corrected chi connectivity index (χ4v) is 3.81. The van der Waals surface area contributed by atoms with Gasteiger partial charge < -0.3 is 5.32 Å². The van der Waals surface area contributed by atoms with Crippen LogP contribution in [0.5, 0.6) is 0 Å². The minimum absolute atomic E-state index is 0. The van der Waals surface area contributed by atoms with Crippen molar-refractivity contribution in [2.75, 3.05) is 26.2 Å². The van der Waals surface area contributed by atoms with E-state index in [1.54, 1.807) is 12.1 Å². The monoisotopic (exact) mass is 382 g/mol. The van der Waals surface area contributed by atoms with Crippen LogP contribution in [0, 0.1) is 0 Å². The number of nitrogens with one attached hydrogen (secondary N) is 1. The molecule has 0 amide bonds. The first-order valence-corrected chi connectivity index (χ1v) is 9.12. The third kappa shape index (κ3) is 6.82. The summed E-state index contributed by atoms with van der Waals surface area (Å²) in [7, 11) is 0. The highest BCUT2D eigenvalue weighted by molar-refractivity contribution is 8.00. The van der Waals surface area contributed by atoms with Gasteiger partial charge in [-0.2, -0.15) is 13.2 Å². The average Bonchev–Trinajstić information content (AvgIpc) is 2.52. The molecule has 1 aromatic rings. The highest BCUT2D eigenvalue weighted by Crippen LogP contribution is 2.42. The molecule has 138 valence electrons. The summed E-state index contributed by atoms with van der Waals surface area (Å²) in [5.74, 6) is 0. The Bertz CT molecular complexity index is 479. The van der Waals surface area contributed by atoms with E-state index in [0.717, 1.165) is 57.4 Å². The first-order valence-electron chi connectivity index (χ1n) is 8.30. The van der Waals surface area contributed by atoms with E-state index < -0.39 is 5.51 Å². The Hall–Kier alpha value is -0.430. The van der Waals surface area contributed by atoms with Gasteiger partial charge in [0, 0.05) is 37.1 Å². The zero-order chi connectivity index (χ0) is 16.7. The summed E-state index contributed by atoms with van der Waals surface area (Å²) in [4.78, 5) is 2.68. The zero-order valence-electron chi connectivity index (χ0n) is 13.9. The second kappa shape index (κ2) is 10.5. The Morgan fingerprint density at radius 1 is 1.17 bits per heavy atom. The number of unbranched alkanes of at least 4 members (excludes halogenated alkanes) is 2. The van der Waals surface area contributed by atoms with Gasteiger partial charge >= 0.3 is 5.51 Å². The van der Waals surface area contributed by atoms with Gasteiger partial charge in [0.1, 0.15) is 0 Å². The Morgan fingerprint density at radius 2 is 1.83 bits per heavy atom. The molecule has 24 heavy (non-hydrogen) atoms. The van der Waals surface area contributed by atoms with Crippen molar-refractivity contribution >= 4 is 24.2 Å². The van der Waals surface area contributed by atoms with Crippen LogP contribution >= 0.6 is 24.2 Å². The van der Waals surface area contributed by atoms with Gasteiger partial charge in [-0.15, -0.1) is 12.4 Å². The van der Waals surface area contributed by atoms with Gasteiger partial charge in [-0.05, 0) is 29.8 Å². The van der Waals surface area contributed by atoms with Crippen LogP contribution in [0.3, 0.4) is 0 Å². The van der Waals surface area contributed by atoms with Crippen LogP contribution in [0.1, 0.15) is 44.2 Å². The van der Waals surface area contributed by atoms with E-state index in [9.17, 15) is 13.2 Å². The predicted molar refractivity (Wildman–Crippen MR) is 96.9 cm³/mol. The van der Waals surface area contributed by atoms with Crippen molar-refractivity contribution in [2.45, 2.75) is 49.1 Å². The second-order valence-electron chi connectivity index (χ2n) is 5.88. The minimum atomic E-state index is -4.24. The molecular formula is C17H26ClF3N2S. The summed E-state index contributed by atoms with van der Waals surface area (Å²) in [6.45, 7) is 5.73. The van der Waals surface area contributed by atoms with Crippen LogP contribution < -0.4 is 5.32 Å². The lowest BCUT2D eigenvalue weighted by Crippen LogP contribution is -2.45. The number of hydrogen-bond acceptors (Lipinski definition) is 3. The smallest absolute Gasteiger partial charge is 0.314 e. The molecular weight excluding hydrogens is 357 g/mol. The molecule has 7 heteroatoms. The van der Waals surface area contributed by atoms with Crippen molar-refractivity contribution in [2.24, 2.45) is 0 Å². The van der Waals surface area contributed by atoms with Gasteiger partial charge in [0.2, 0.25) is 0 Å². The number of benzene rings is 1. The molecule has 2 nitrogen and oxygen atoms in total. The van der Waals surface area contributed by atoms with Crippen LogP contribution in [-0.2, 0) is 0 Å². The molecule has 1 aliphatic rings. The number of nitrogens with zero attached hydrogens (tertiary/aromatic N) is 1. The Kier molecular flexibility index (Phi) is 9.49. The first-order chi connectivity index (χ1) is 11.0. The maximum Gasteiger partial charge on any atom is 0.446 e. The SMILES string of the molecule is CCCCC[C@@H](c1ccccc1SC(F)(F)F)N1CCNCC1.Cl. The molecule has 0 saturated carbocycles. The normalized spacial score (nSPS) is 17.3. The highest BCUT2D eigenvalue weighted by atomic mass is 35.5. The molecule has 1 saturated heterocycles. The van der Waals surface area contributed by atoms with E-state index in [1.165, 1.54) is 0 Å². The molecule has 1 fully saturated rings. The highest BCUT2D eigenvalue weighted by Gasteiger charge is 2.32. The largest absolute Gasteiger partial charge is 0.446 e. The topological polar surface area (TPSA) is 15.3 Å². The molecule has 0 spiro atoms. The molecule has 1 atom stereocenters. The van der Waals surface area contributed by atoms with Crippen LogP contribution in [0.25, 0.3) is 0 Å². The molecule has 0 aliphatic carbocycles. The lowest BCUT2D eigenvalue weighted by molar-refractivity contribution is -0.0328. The summed E-state index contributed by atoms with van der Waals surface area (Å²) in [6, 6.07) is 7.09. The number of alkyl halides is 3. The summed E-state index contributed by atoms with van der Waals surface area (Å²) in [6.07, 6.45) is 4.21. The number of halogens is 4. The predicted octanol–water partition coefficient (Wildman–Crippen LogP) is 5.25. The van der Waals surface area contributed by atoms with Gasteiger partial charge in [-0.25, -0.2) is 0 Å². The fraction of sp³-hybridized carbons (Fsp3) is 0.647. The van der Waals surface area contributed by atoms with Crippen molar-refractivity contribution in [3.63, 3.8) is 0 Å². The Balaban J connectivity index is 0.00000288. The molecule has 0 radical (unpaired) electrons. The number of piperazine rings is 1. The lowest BCUT2D eigenvalue weighted by Gasteiger charge is -2.36. The van der Waals surface area contributed by atoms with Crippen LogP contribution in [0.4, 0.5) is 13.2 Å². The van der Waals surface area contributed by atoms with Gasteiger partial charge in [-0.3, -0.25) is 4.90 Å². The number of rotatable bonds is 7. The van der Waals surface area contributed by atoms with Crippen molar-refractivity contribution in [3.8, 4) is 0 Å². The van der Waals surface area contributed by atoms with E-state index in [2.05, 4.69) is 17.1 Å². The maximum absolute atomic E-state index is 12.9. The fourth-order valence-electron chi connectivity index (χ4n) is 3.09. The van der Waals surface area contributed by atoms with Crippen molar-refractivity contribution in [1.82, 2.24) is 10.2 Å². The molecule has 0 unspecified atom stereocenters. The van der Waals surface area contributed by atoms with E-state index in [-0.39, 0.29) is 30.2 Å². The van der Waals surface area contributed by atoms with Gasteiger partial charge in [0.25, 0.3) is 0 Å². The van der Waals surface area contributed by atoms with E-state index in [1.807, 2.05) is 12.1 Å². The van der Waals surface area contributed by atoms with Crippen molar-refractivity contribution < 1.29 is 13.2 Å². The molecule has 0 aromatic heterocycles. The van der Waals surface area contributed by atoms with E-state index >= 15 is 0 Å². The summed E-state index contributed by atoms with van der Waals surface area (Å²) in [5, 5.41) is 3.31. The molecule has 1 aromatic carbocycles. The van der Waals surface area contributed by atoms with Gasteiger partial charge in [0.15, 0.2) is 0 Å². The molecule has 1 aliphatic heterocycles.